The van der Waals surface area contributed by atoms with Crippen LogP contribution in [0.2, 0.25) is 0 Å². The number of nitrogens with zero attached hydrogens (tertiary/aromatic N) is 1. The second-order valence-corrected chi connectivity index (χ2v) is 7.38. The first kappa shape index (κ1) is 14.4. The molecule has 2 bridgehead atoms. The Morgan fingerprint density at radius 3 is 2.90 bits per heavy atom. The molecular formula is C15H19Cl2NO2. The molecule has 2 heterocycles. The van der Waals surface area contributed by atoms with Crippen molar-refractivity contribution in [2.75, 3.05) is 7.05 Å². The number of halogens is 2. The highest BCUT2D eigenvalue weighted by Gasteiger charge is 2.58. The average molecular weight is 316 g/mol. The molecule has 2 aliphatic heterocycles. The SMILES string of the molecule is CN1C2CCCC1(C1(Cl)C=C(Cl)C=C(C(=O)O)C1)CC2. The van der Waals surface area contributed by atoms with Crippen LogP contribution in [-0.2, 0) is 4.79 Å². The minimum Gasteiger partial charge on any atom is -0.478 e. The van der Waals surface area contributed by atoms with Gasteiger partial charge in [0.2, 0.25) is 0 Å². The zero-order valence-electron chi connectivity index (χ0n) is 11.5. The van der Waals surface area contributed by atoms with Crippen LogP contribution < -0.4 is 0 Å². The summed E-state index contributed by atoms with van der Waals surface area (Å²) in [6.45, 7) is 0. The van der Waals surface area contributed by atoms with E-state index in [2.05, 4.69) is 11.9 Å². The number of hydrogen-bond donors (Lipinski definition) is 1. The molecule has 5 heteroatoms. The fourth-order valence-corrected chi connectivity index (χ4v) is 5.30. The van der Waals surface area contributed by atoms with Gasteiger partial charge in [0.1, 0.15) is 0 Å². The van der Waals surface area contributed by atoms with Gasteiger partial charge >= 0.3 is 5.97 Å². The van der Waals surface area contributed by atoms with Crippen LogP contribution in [0.15, 0.2) is 22.8 Å². The Labute approximate surface area is 129 Å². The lowest BCUT2D eigenvalue weighted by Gasteiger charge is -2.52. The number of hydrogen-bond acceptors (Lipinski definition) is 2. The number of rotatable bonds is 2. The molecule has 0 aromatic heterocycles. The molecule has 0 saturated carbocycles. The summed E-state index contributed by atoms with van der Waals surface area (Å²) in [6, 6.07) is 0.575. The lowest BCUT2D eigenvalue weighted by molar-refractivity contribution is -0.133. The lowest BCUT2D eigenvalue weighted by atomic mass is 9.72. The molecule has 0 aromatic carbocycles. The van der Waals surface area contributed by atoms with Gasteiger partial charge in [-0.3, -0.25) is 4.90 Å². The summed E-state index contributed by atoms with van der Waals surface area (Å²) < 4.78 is 0. The molecule has 110 valence electrons. The Balaban J connectivity index is 2.01. The average Bonchev–Trinajstić information content (AvgIpc) is 2.59. The number of piperidine rings is 1. The Kier molecular flexibility index (Phi) is 3.43. The minimum atomic E-state index is -0.925. The fourth-order valence-electron chi connectivity index (χ4n) is 4.35. The van der Waals surface area contributed by atoms with Crippen molar-refractivity contribution >= 4 is 29.2 Å². The molecule has 3 unspecified atom stereocenters. The maximum absolute atomic E-state index is 11.3. The Morgan fingerprint density at radius 1 is 1.45 bits per heavy atom. The van der Waals surface area contributed by atoms with Crippen molar-refractivity contribution in [2.45, 2.75) is 55.0 Å². The number of carbonyl (C=O) groups is 1. The van der Waals surface area contributed by atoms with E-state index < -0.39 is 10.8 Å². The molecule has 1 N–H and O–H groups in total. The van der Waals surface area contributed by atoms with E-state index in [1.54, 1.807) is 0 Å². The van der Waals surface area contributed by atoms with E-state index in [1.807, 2.05) is 6.08 Å². The minimum absolute atomic E-state index is 0.160. The summed E-state index contributed by atoms with van der Waals surface area (Å²) in [6.07, 6.45) is 9.27. The zero-order valence-corrected chi connectivity index (χ0v) is 13.0. The first-order valence-electron chi connectivity index (χ1n) is 7.12. The normalized spacial score (nSPS) is 41.2. The quantitative estimate of drug-likeness (QED) is 0.793. The molecule has 0 radical (unpaired) electrons. The maximum Gasteiger partial charge on any atom is 0.331 e. The van der Waals surface area contributed by atoms with Crippen molar-refractivity contribution in [3.63, 3.8) is 0 Å². The van der Waals surface area contributed by atoms with E-state index >= 15 is 0 Å². The van der Waals surface area contributed by atoms with Crippen LogP contribution in [0.25, 0.3) is 0 Å². The molecule has 3 atom stereocenters. The summed E-state index contributed by atoms with van der Waals surface area (Å²) in [5, 5.41) is 9.74. The lowest BCUT2D eigenvalue weighted by Crippen LogP contribution is -2.60. The Morgan fingerprint density at radius 2 is 2.20 bits per heavy atom. The number of fused-ring (bicyclic) bond motifs is 2. The summed E-state index contributed by atoms with van der Waals surface area (Å²) in [5.41, 5.74) is 0.149. The largest absolute Gasteiger partial charge is 0.478 e. The van der Waals surface area contributed by atoms with Crippen molar-refractivity contribution < 1.29 is 9.90 Å². The van der Waals surface area contributed by atoms with Crippen LogP contribution in [0.3, 0.4) is 0 Å². The predicted octanol–water partition coefficient (Wildman–Crippen LogP) is 3.52. The van der Waals surface area contributed by atoms with Crippen LogP contribution in [0.4, 0.5) is 0 Å². The van der Waals surface area contributed by atoms with Gasteiger partial charge in [0, 0.05) is 28.6 Å². The van der Waals surface area contributed by atoms with E-state index in [-0.39, 0.29) is 5.54 Å². The van der Waals surface area contributed by atoms with Gasteiger partial charge in [0.05, 0.1) is 4.87 Å². The van der Waals surface area contributed by atoms with Gasteiger partial charge in [-0.25, -0.2) is 4.79 Å². The molecule has 0 amide bonds. The summed E-state index contributed by atoms with van der Waals surface area (Å²) in [4.78, 5) is 13.0. The number of aliphatic carboxylic acids is 1. The third kappa shape index (κ3) is 1.94. The van der Waals surface area contributed by atoms with Gasteiger partial charge in [-0.1, -0.05) is 11.6 Å². The second-order valence-electron chi connectivity index (χ2n) is 6.27. The third-order valence-corrected chi connectivity index (χ3v) is 6.23. The molecule has 2 fully saturated rings. The molecule has 2 saturated heterocycles. The van der Waals surface area contributed by atoms with E-state index in [9.17, 15) is 9.90 Å². The topological polar surface area (TPSA) is 40.5 Å². The maximum atomic E-state index is 11.3. The highest BCUT2D eigenvalue weighted by Crippen LogP contribution is 2.55. The van der Waals surface area contributed by atoms with Gasteiger partial charge in [-0.2, -0.15) is 0 Å². The van der Waals surface area contributed by atoms with Gasteiger partial charge < -0.3 is 5.11 Å². The number of carboxylic acid groups (broad SMARTS) is 1. The number of carboxylic acids is 1. The summed E-state index contributed by atoms with van der Waals surface area (Å²) in [7, 11) is 2.13. The van der Waals surface area contributed by atoms with Crippen LogP contribution in [-0.4, -0.2) is 39.5 Å². The highest BCUT2D eigenvalue weighted by molar-refractivity contribution is 6.34. The fraction of sp³-hybridized carbons (Fsp3) is 0.667. The van der Waals surface area contributed by atoms with E-state index in [0.717, 1.165) is 25.7 Å². The molecule has 0 aromatic rings. The van der Waals surface area contributed by atoms with Crippen LogP contribution >= 0.6 is 23.2 Å². The summed E-state index contributed by atoms with van der Waals surface area (Å²) >= 11 is 13.1. The van der Waals surface area contributed by atoms with Crippen LogP contribution in [0.1, 0.15) is 38.5 Å². The standard InChI is InChI=1S/C15H19Cl2NO2/c1-18-12-3-2-5-15(18,6-4-12)14(17)8-10(13(19)20)7-11(16)9-14/h7,9,12H,2-6,8H2,1H3,(H,19,20). The van der Waals surface area contributed by atoms with Gasteiger partial charge in [-0.05, 0) is 51.3 Å². The molecule has 3 rings (SSSR count). The molecule has 20 heavy (non-hydrogen) atoms. The van der Waals surface area contributed by atoms with Crippen molar-refractivity contribution in [1.82, 2.24) is 4.90 Å². The molecular weight excluding hydrogens is 297 g/mol. The Hall–Kier alpha value is -0.510. The molecule has 3 aliphatic rings. The smallest absolute Gasteiger partial charge is 0.331 e. The molecule has 1 aliphatic carbocycles. The van der Waals surface area contributed by atoms with Crippen molar-refractivity contribution in [3.8, 4) is 0 Å². The van der Waals surface area contributed by atoms with Crippen LogP contribution in [0, 0.1) is 0 Å². The monoisotopic (exact) mass is 315 g/mol. The molecule has 0 spiro atoms. The zero-order chi connectivity index (χ0) is 14.5. The van der Waals surface area contributed by atoms with E-state index in [4.69, 9.17) is 23.2 Å². The van der Waals surface area contributed by atoms with Crippen molar-refractivity contribution in [2.24, 2.45) is 0 Å². The van der Waals surface area contributed by atoms with E-state index in [0.29, 0.717) is 23.1 Å². The number of allylic oxidation sites excluding steroid dienone is 2. The van der Waals surface area contributed by atoms with Crippen molar-refractivity contribution in [1.29, 1.82) is 0 Å². The first-order chi connectivity index (χ1) is 9.38. The van der Waals surface area contributed by atoms with Gasteiger partial charge in [-0.15, -0.1) is 11.6 Å². The van der Waals surface area contributed by atoms with Crippen molar-refractivity contribution in [3.05, 3.63) is 22.8 Å². The number of alkyl halides is 1. The third-order valence-electron chi connectivity index (χ3n) is 5.42. The second kappa shape index (κ2) is 4.75. The first-order valence-corrected chi connectivity index (χ1v) is 7.88. The van der Waals surface area contributed by atoms with E-state index in [1.165, 1.54) is 12.5 Å². The predicted molar refractivity (Wildman–Crippen MR) is 80.2 cm³/mol. The Bertz CT molecular complexity index is 512. The van der Waals surface area contributed by atoms with Gasteiger partial charge in [0.15, 0.2) is 0 Å². The molecule has 3 nitrogen and oxygen atoms in total. The van der Waals surface area contributed by atoms with Gasteiger partial charge in [0.25, 0.3) is 0 Å². The summed E-state index contributed by atoms with van der Waals surface area (Å²) in [5.74, 6) is -0.925. The van der Waals surface area contributed by atoms with Crippen LogP contribution in [0.5, 0.6) is 0 Å². The highest BCUT2D eigenvalue weighted by atomic mass is 35.5.